The molecule has 4 nitrogen and oxygen atoms in total. The Hall–Kier alpha value is -2.42. The number of hydrogen-bond acceptors (Lipinski definition) is 4. The lowest BCUT2D eigenvalue weighted by atomic mass is 10.2. The standard InChI is InChI=1S/C15H8ClN3OS/c16-10-3-4-12-13(7-10)18-14(19-15(12)20)9(8-17)6-11-2-1-5-21-11/h1-7H,(H,18,19,20)/b9-6-. The average molecular weight is 314 g/mol. The number of rotatable bonds is 2. The molecule has 102 valence electrons. The molecule has 0 atom stereocenters. The summed E-state index contributed by atoms with van der Waals surface area (Å²) in [5.41, 5.74) is 0.476. The molecule has 2 aromatic heterocycles. The zero-order valence-corrected chi connectivity index (χ0v) is 12.2. The monoisotopic (exact) mass is 313 g/mol. The second-order valence-corrected chi connectivity index (χ2v) is 5.68. The normalized spacial score (nSPS) is 11.5. The summed E-state index contributed by atoms with van der Waals surface area (Å²) < 4.78 is 0. The predicted molar refractivity (Wildman–Crippen MR) is 85.2 cm³/mol. The van der Waals surface area contributed by atoms with E-state index in [9.17, 15) is 10.1 Å². The molecule has 21 heavy (non-hydrogen) atoms. The largest absolute Gasteiger partial charge is 0.305 e. The molecule has 0 bridgehead atoms. The van der Waals surface area contributed by atoms with Crippen LogP contribution in [0.2, 0.25) is 5.02 Å². The summed E-state index contributed by atoms with van der Waals surface area (Å²) >= 11 is 7.42. The van der Waals surface area contributed by atoms with Crippen LogP contribution >= 0.6 is 22.9 Å². The Morgan fingerprint density at radius 1 is 1.43 bits per heavy atom. The lowest BCUT2D eigenvalue weighted by Gasteiger charge is -2.02. The summed E-state index contributed by atoms with van der Waals surface area (Å²) in [4.78, 5) is 19.9. The number of nitriles is 1. The molecule has 0 aliphatic heterocycles. The van der Waals surface area contributed by atoms with Gasteiger partial charge in [0.2, 0.25) is 0 Å². The van der Waals surface area contributed by atoms with Crippen molar-refractivity contribution in [2.45, 2.75) is 0 Å². The lowest BCUT2D eigenvalue weighted by Crippen LogP contribution is -2.11. The highest BCUT2D eigenvalue weighted by atomic mass is 35.5. The molecular formula is C15H8ClN3OS. The van der Waals surface area contributed by atoms with Crippen molar-refractivity contribution in [2.75, 3.05) is 0 Å². The van der Waals surface area contributed by atoms with Gasteiger partial charge in [-0.25, -0.2) is 4.98 Å². The maximum Gasteiger partial charge on any atom is 0.259 e. The number of nitrogens with zero attached hydrogens (tertiary/aromatic N) is 2. The SMILES string of the molecule is N#C/C(=C/c1cccs1)c1nc2cc(Cl)ccc2c(=O)[nH]1. The van der Waals surface area contributed by atoms with Crippen molar-refractivity contribution in [2.24, 2.45) is 0 Å². The van der Waals surface area contributed by atoms with Gasteiger partial charge in [-0.05, 0) is 35.7 Å². The van der Waals surface area contributed by atoms with Gasteiger partial charge in [0, 0.05) is 9.90 Å². The first kappa shape index (κ1) is 13.6. The highest BCUT2D eigenvalue weighted by molar-refractivity contribution is 7.10. The van der Waals surface area contributed by atoms with Crippen molar-refractivity contribution in [3.8, 4) is 6.07 Å². The van der Waals surface area contributed by atoms with E-state index in [1.54, 1.807) is 24.3 Å². The van der Waals surface area contributed by atoms with Gasteiger partial charge in [0.25, 0.3) is 5.56 Å². The number of H-pyrrole nitrogens is 1. The van der Waals surface area contributed by atoms with E-state index in [-0.39, 0.29) is 11.4 Å². The van der Waals surface area contributed by atoms with Crippen LogP contribution in [0.4, 0.5) is 0 Å². The molecule has 3 aromatic rings. The van der Waals surface area contributed by atoms with Crippen LogP contribution in [0.5, 0.6) is 0 Å². The predicted octanol–water partition coefficient (Wildman–Crippen LogP) is 3.70. The first-order valence-electron chi connectivity index (χ1n) is 6.02. The molecule has 0 saturated carbocycles. The number of hydrogen-bond donors (Lipinski definition) is 1. The van der Waals surface area contributed by atoms with Crippen LogP contribution in [-0.4, -0.2) is 9.97 Å². The second kappa shape index (κ2) is 5.52. The van der Waals surface area contributed by atoms with E-state index < -0.39 is 0 Å². The van der Waals surface area contributed by atoms with Crippen LogP contribution in [0.25, 0.3) is 22.6 Å². The number of allylic oxidation sites excluding steroid dienone is 1. The second-order valence-electron chi connectivity index (χ2n) is 4.26. The Bertz CT molecular complexity index is 936. The van der Waals surface area contributed by atoms with Gasteiger partial charge >= 0.3 is 0 Å². The molecule has 0 spiro atoms. The molecule has 0 saturated heterocycles. The van der Waals surface area contributed by atoms with E-state index >= 15 is 0 Å². The zero-order valence-electron chi connectivity index (χ0n) is 10.6. The Balaban J connectivity index is 2.20. The molecule has 0 aliphatic carbocycles. The summed E-state index contributed by atoms with van der Waals surface area (Å²) in [5, 5.41) is 12.1. The fraction of sp³-hybridized carbons (Fsp3) is 0. The minimum atomic E-state index is -0.293. The van der Waals surface area contributed by atoms with Crippen molar-refractivity contribution in [3.05, 3.63) is 61.8 Å². The fourth-order valence-electron chi connectivity index (χ4n) is 1.91. The third-order valence-corrected chi connectivity index (χ3v) is 3.93. The molecule has 0 radical (unpaired) electrons. The zero-order chi connectivity index (χ0) is 14.8. The Kier molecular flexibility index (Phi) is 3.57. The molecular weight excluding hydrogens is 306 g/mol. The van der Waals surface area contributed by atoms with Gasteiger partial charge in [-0.1, -0.05) is 17.7 Å². The van der Waals surface area contributed by atoms with Gasteiger partial charge in [-0.15, -0.1) is 11.3 Å². The molecule has 0 aliphatic rings. The van der Waals surface area contributed by atoms with E-state index in [0.717, 1.165) is 4.88 Å². The quantitative estimate of drug-likeness (QED) is 0.733. The summed E-state index contributed by atoms with van der Waals surface area (Å²) in [6.45, 7) is 0. The number of halogens is 1. The molecule has 0 amide bonds. The molecule has 6 heteroatoms. The van der Waals surface area contributed by atoms with Gasteiger partial charge < -0.3 is 4.98 Å². The molecule has 1 N–H and O–H groups in total. The van der Waals surface area contributed by atoms with Crippen LogP contribution < -0.4 is 5.56 Å². The van der Waals surface area contributed by atoms with Crippen molar-refractivity contribution in [3.63, 3.8) is 0 Å². The number of aromatic amines is 1. The Morgan fingerprint density at radius 3 is 3.00 bits per heavy atom. The van der Waals surface area contributed by atoms with Gasteiger partial charge in [-0.2, -0.15) is 5.26 Å². The van der Waals surface area contributed by atoms with E-state index in [1.807, 2.05) is 17.5 Å². The minimum Gasteiger partial charge on any atom is -0.305 e. The Labute approximate surface area is 129 Å². The Morgan fingerprint density at radius 2 is 2.29 bits per heavy atom. The van der Waals surface area contributed by atoms with Crippen LogP contribution in [0.1, 0.15) is 10.7 Å². The topological polar surface area (TPSA) is 69.5 Å². The summed E-state index contributed by atoms with van der Waals surface area (Å²) in [6.07, 6.45) is 1.69. The minimum absolute atomic E-state index is 0.241. The van der Waals surface area contributed by atoms with E-state index in [4.69, 9.17) is 11.6 Å². The number of fused-ring (bicyclic) bond motifs is 1. The van der Waals surface area contributed by atoms with Gasteiger partial charge in [-0.3, -0.25) is 4.79 Å². The number of benzene rings is 1. The first-order chi connectivity index (χ1) is 10.2. The molecule has 0 fully saturated rings. The average Bonchev–Trinajstić information content (AvgIpc) is 2.97. The highest BCUT2D eigenvalue weighted by Gasteiger charge is 2.09. The van der Waals surface area contributed by atoms with E-state index in [0.29, 0.717) is 21.5 Å². The summed E-state index contributed by atoms with van der Waals surface area (Å²) in [7, 11) is 0. The van der Waals surface area contributed by atoms with Crippen LogP contribution in [0.15, 0.2) is 40.5 Å². The lowest BCUT2D eigenvalue weighted by molar-refractivity contribution is 1.13. The third-order valence-electron chi connectivity index (χ3n) is 2.87. The van der Waals surface area contributed by atoms with Crippen molar-refractivity contribution >= 4 is 45.5 Å². The van der Waals surface area contributed by atoms with Gasteiger partial charge in [0.1, 0.15) is 6.07 Å². The maximum atomic E-state index is 12.1. The summed E-state index contributed by atoms with van der Waals surface area (Å²) in [6, 6.07) is 10.7. The van der Waals surface area contributed by atoms with E-state index in [1.165, 1.54) is 11.3 Å². The van der Waals surface area contributed by atoms with Gasteiger partial charge in [0.15, 0.2) is 5.82 Å². The first-order valence-corrected chi connectivity index (χ1v) is 7.28. The molecule has 1 aromatic carbocycles. The van der Waals surface area contributed by atoms with Crippen molar-refractivity contribution < 1.29 is 0 Å². The number of thiophene rings is 1. The third kappa shape index (κ3) is 2.72. The van der Waals surface area contributed by atoms with Crippen LogP contribution in [-0.2, 0) is 0 Å². The maximum absolute atomic E-state index is 12.1. The van der Waals surface area contributed by atoms with Gasteiger partial charge in [0.05, 0.1) is 16.5 Å². The van der Waals surface area contributed by atoms with E-state index in [2.05, 4.69) is 16.0 Å². The van der Waals surface area contributed by atoms with Crippen molar-refractivity contribution in [1.29, 1.82) is 5.26 Å². The van der Waals surface area contributed by atoms with Crippen molar-refractivity contribution in [1.82, 2.24) is 9.97 Å². The summed E-state index contributed by atoms with van der Waals surface area (Å²) in [5.74, 6) is 0.241. The van der Waals surface area contributed by atoms with Crippen LogP contribution in [0.3, 0.4) is 0 Å². The smallest absolute Gasteiger partial charge is 0.259 e. The number of nitrogens with one attached hydrogen (secondary N) is 1. The molecule has 3 rings (SSSR count). The van der Waals surface area contributed by atoms with Crippen LogP contribution in [0, 0.1) is 11.3 Å². The highest BCUT2D eigenvalue weighted by Crippen LogP contribution is 2.20. The number of aromatic nitrogens is 2. The molecule has 2 heterocycles. The molecule has 0 unspecified atom stereocenters. The fourth-order valence-corrected chi connectivity index (χ4v) is 2.73.